The number of rotatable bonds is 0. The summed E-state index contributed by atoms with van der Waals surface area (Å²) >= 11 is 0. The Hall–Kier alpha value is -3.59. The number of ether oxygens (including phenoxy) is 1. The molecule has 0 aromatic carbocycles. The molecule has 6 heterocycles. The number of nitrogens with one attached hydrogen (secondary N) is 1. The maximum absolute atomic E-state index is 6.17. The molecule has 2 aliphatic rings. The second-order valence-electron chi connectivity index (χ2n) is 8.14. The molecule has 0 radical (unpaired) electrons. The summed E-state index contributed by atoms with van der Waals surface area (Å²) in [4.78, 5) is 11.7. The number of hydrogen-bond acceptors (Lipinski definition) is 8. The van der Waals surface area contributed by atoms with Crippen molar-refractivity contribution in [1.29, 1.82) is 0 Å². The van der Waals surface area contributed by atoms with E-state index in [1.165, 1.54) is 0 Å². The molecule has 31 heavy (non-hydrogen) atoms. The van der Waals surface area contributed by atoms with Crippen molar-refractivity contribution in [2.24, 2.45) is 7.05 Å². The minimum Gasteiger partial charge on any atom is -0.374 e. The SMILES string of the molecule is CC1c2cnnc(c2)Nc2ccc3ncc(cc3n2)-c2cn(C)nc2N2CCOC1C2. The number of anilines is 3. The van der Waals surface area contributed by atoms with E-state index >= 15 is 0 Å². The van der Waals surface area contributed by atoms with Crippen molar-refractivity contribution >= 4 is 28.5 Å². The van der Waals surface area contributed by atoms with E-state index in [9.17, 15) is 0 Å². The molecule has 2 unspecified atom stereocenters. The van der Waals surface area contributed by atoms with Crippen molar-refractivity contribution in [2.75, 3.05) is 29.9 Å². The Labute approximate surface area is 179 Å². The van der Waals surface area contributed by atoms with Crippen LogP contribution < -0.4 is 10.2 Å². The summed E-state index contributed by atoms with van der Waals surface area (Å²) in [6, 6.07) is 7.95. The molecule has 1 saturated heterocycles. The molecular weight excluding hydrogens is 392 g/mol. The van der Waals surface area contributed by atoms with Crippen LogP contribution in [0.1, 0.15) is 18.4 Å². The fraction of sp³-hybridized carbons (Fsp3) is 0.318. The summed E-state index contributed by atoms with van der Waals surface area (Å²) in [7, 11) is 1.95. The van der Waals surface area contributed by atoms with E-state index in [-0.39, 0.29) is 12.0 Å². The third-order valence-electron chi connectivity index (χ3n) is 6.07. The Morgan fingerprint density at radius 3 is 3.00 bits per heavy atom. The third-order valence-corrected chi connectivity index (χ3v) is 6.07. The molecule has 1 fully saturated rings. The predicted molar refractivity (Wildman–Crippen MR) is 117 cm³/mol. The first-order valence-corrected chi connectivity index (χ1v) is 10.4. The molecule has 9 heteroatoms. The van der Waals surface area contributed by atoms with Gasteiger partial charge >= 0.3 is 0 Å². The summed E-state index contributed by atoms with van der Waals surface area (Å²) < 4.78 is 8.02. The van der Waals surface area contributed by atoms with Crippen molar-refractivity contribution in [2.45, 2.75) is 18.9 Å². The van der Waals surface area contributed by atoms with E-state index < -0.39 is 0 Å². The van der Waals surface area contributed by atoms with Gasteiger partial charge in [-0.1, -0.05) is 6.92 Å². The highest BCUT2D eigenvalue weighted by atomic mass is 16.5. The van der Waals surface area contributed by atoms with Gasteiger partial charge < -0.3 is 15.0 Å². The lowest BCUT2D eigenvalue weighted by molar-refractivity contribution is 0.0257. The largest absolute Gasteiger partial charge is 0.374 e. The smallest absolute Gasteiger partial charge is 0.158 e. The maximum atomic E-state index is 6.17. The number of nitrogens with zero attached hydrogens (tertiary/aromatic N) is 7. The molecule has 0 amide bonds. The van der Waals surface area contributed by atoms with Crippen LogP contribution in [-0.4, -0.2) is 55.7 Å². The topological polar surface area (TPSA) is 93.9 Å². The number of aromatic nitrogens is 6. The Kier molecular flexibility index (Phi) is 4.10. The van der Waals surface area contributed by atoms with Gasteiger partial charge in [-0.05, 0) is 29.8 Å². The lowest BCUT2D eigenvalue weighted by atomic mass is 9.95. The van der Waals surface area contributed by atoms with Crippen LogP contribution in [-0.2, 0) is 11.8 Å². The maximum Gasteiger partial charge on any atom is 0.158 e. The third kappa shape index (κ3) is 3.17. The second kappa shape index (κ2) is 6.98. The molecular formula is C22H22N8O. The molecule has 9 nitrogen and oxygen atoms in total. The minimum atomic E-state index is 0.0190. The highest BCUT2D eigenvalue weighted by molar-refractivity contribution is 5.85. The lowest BCUT2D eigenvalue weighted by Crippen LogP contribution is -2.45. The van der Waals surface area contributed by atoms with E-state index in [1.54, 1.807) is 0 Å². The zero-order chi connectivity index (χ0) is 20.9. The van der Waals surface area contributed by atoms with Crippen molar-refractivity contribution in [3.8, 4) is 11.1 Å². The molecule has 0 saturated carbocycles. The van der Waals surface area contributed by atoms with Gasteiger partial charge in [0.05, 0.1) is 29.9 Å². The van der Waals surface area contributed by atoms with Crippen molar-refractivity contribution in [3.05, 3.63) is 48.4 Å². The molecule has 0 aliphatic carbocycles. The van der Waals surface area contributed by atoms with Crippen LogP contribution in [0.25, 0.3) is 22.2 Å². The second-order valence-corrected chi connectivity index (χ2v) is 8.14. The van der Waals surface area contributed by atoms with E-state index in [1.807, 2.05) is 48.5 Å². The van der Waals surface area contributed by atoms with Crippen LogP contribution in [0.5, 0.6) is 0 Å². The van der Waals surface area contributed by atoms with Gasteiger partial charge in [0.2, 0.25) is 0 Å². The molecule has 1 N–H and O–H groups in total. The van der Waals surface area contributed by atoms with Gasteiger partial charge in [-0.25, -0.2) is 4.98 Å². The van der Waals surface area contributed by atoms with Crippen LogP contribution in [0.4, 0.5) is 17.5 Å². The highest BCUT2D eigenvalue weighted by Gasteiger charge is 2.30. The van der Waals surface area contributed by atoms with Gasteiger partial charge in [-0.3, -0.25) is 9.67 Å². The van der Waals surface area contributed by atoms with Crippen molar-refractivity contribution < 1.29 is 4.74 Å². The van der Waals surface area contributed by atoms with Crippen LogP contribution in [0, 0.1) is 0 Å². The number of fused-ring (bicyclic) bond motifs is 9. The molecule has 4 aromatic heterocycles. The Morgan fingerprint density at radius 2 is 2.06 bits per heavy atom. The van der Waals surface area contributed by atoms with Gasteiger partial charge in [0.15, 0.2) is 11.6 Å². The average molecular weight is 414 g/mol. The van der Waals surface area contributed by atoms with E-state index in [0.717, 1.165) is 46.6 Å². The number of aryl methyl sites for hydroxylation is 1. The summed E-state index contributed by atoms with van der Waals surface area (Å²) in [6.07, 6.45) is 5.77. The van der Waals surface area contributed by atoms with Crippen LogP contribution in [0.2, 0.25) is 0 Å². The first kappa shape index (κ1) is 18.2. The Morgan fingerprint density at radius 1 is 1.13 bits per heavy atom. The summed E-state index contributed by atoms with van der Waals surface area (Å²) in [6.45, 7) is 4.36. The minimum absolute atomic E-state index is 0.0190. The quantitative estimate of drug-likeness (QED) is 0.469. The summed E-state index contributed by atoms with van der Waals surface area (Å²) in [5.41, 5.74) is 4.76. The van der Waals surface area contributed by atoms with E-state index in [0.29, 0.717) is 18.2 Å². The normalized spacial score (nSPS) is 20.3. The van der Waals surface area contributed by atoms with Gasteiger partial charge in [-0.15, -0.1) is 5.10 Å². The van der Waals surface area contributed by atoms with Crippen molar-refractivity contribution in [1.82, 2.24) is 29.9 Å². The molecule has 2 atom stereocenters. The van der Waals surface area contributed by atoms with Crippen LogP contribution in [0.15, 0.2) is 42.9 Å². The van der Waals surface area contributed by atoms with Gasteiger partial charge in [0.1, 0.15) is 5.82 Å². The number of pyridine rings is 2. The summed E-state index contributed by atoms with van der Waals surface area (Å²) in [5.74, 6) is 2.45. The molecule has 156 valence electrons. The Balaban J connectivity index is 1.56. The predicted octanol–water partition coefficient (Wildman–Crippen LogP) is 2.89. The van der Waals surface area contributed by atoms with Gasteiger partial charge in [0.25, 0.3) is 0 Å². The van der Waals surface area contributed by atoms with Crippen LogP contribution >= 0.6 is 0 Å². The van der Waals surface area contributed by atoms with E-state index in [2.05, 4.69) is 38.4 Å². The number of hydrogen-bond donors (Lipinski definition) is 1. The monoisotopic (exact) mass is 414 g/mol. The molecule has 4 aromatic rings. The fourth-order valence-electron chi connectivity index (χ4n) is 4.35. The first-order valence-electron chi connectivity index (χ1n) is 10.4. The molecule has 2 aliphatic heterocycles. The standard InChI is InChI=1S/C22H22N8O/c1-13-14-8-21(27-24-10-14)26-20-4-3-17-18(25-20)7-15(9-23-17)16-11-29(2)28-22(16)30-5-6-31-19(13)12-30/h3-4,7-11,13,19H,5-6,12H2,1-2H3,(H,25,26,27). The lowest BCUT2D eigenvalue weighted by Gasteiger charge is -2.36. The Bertz CT molecular complexity index is 1290. The summed E-state index contributed by atoms with van der Waals surface area (Å²) in [5, 5.41) is 16.5. The average Bonchev–Trinajstić information content (AvgIpc) is 3.19. The molecule has 6 rings (SSSR count). The zero-order valence-electron chi connectivity index (χ0n) is 17.4. The first-order chi connectivity index (χ1) is 15.1. The van der Waals surface area contributed by atoms with Gasteiger partial charge in [0, 0.05) is 49.6 Å². The zero-order valence-corrected chi connectivity index (χ0v) is 17.4. The fourth-order valence-corrected chi connectivity index (χ4v) is 4.35. The highest BCUT2D eigenvalue weighted by Crippen LogP contribution is 2.34. The number of morpholine rings is 1. The van der Waals surface area contributed by atoms with Gasteiger partial charge in [-0.2, -0.15) is 10.2 Å². The van der Waals surface area contributed by atoms with Crippen molar-refractivity contribution in [3.63, 3.8) is 0 Å². The molecule has 0 spiro atoms. The molecule has 7 bridgehead atoms. The van der Waals surface area contributed by atoms with E-state index in [4.69, 9.17) is 14.8 Å². The van der Waals surface area contributed by atoms with Crippen LogP contribution in [0.3, 0.4) is 0 Å².